The summed E-state index contributed by atoms with van der Waals surface area (Å²) >= 11 is 12.5. The molecule has 0 aromatic heterocycles. The topological polar surface area (TPSA) is 43.4 Å². The second-order valence-electron chi connectivity index (χ2n) is 5.98. The number of ether oxygens (including phenoxy) is 1. The van der Waals surface area contributed by atoms with E-state index in [1.165, 1.54) is 7.11 Å². The first-order valence-corrected chi connectivity index (χ1v) is 8.21. The molecule has 0 saturated heterocycles. The number of halogens is 2. The highest BCUT2D eigenvalue weighted by atomic mass is 35.5. The Morgan fingerprint density at radius 2 is 2.00 bits per heavy atom. The molecule has 1 aromatic carbocycles. The number of methoxy groups -OCH3 is 1. The summed E-state index contributed by atoms with van der Waals surface area (Å²) in [5.41, 5.74) is 0.833. The van der Waals surface area contributed by atoms with Crippen LogP contribution < -0.4 is 4.74 Å². The van der Waals surface area contributed by atoms with Gasteiger partial charge in [0.05, 0.1) is 12.1 Å². The lowest BCUT2D eigenvalue weighted by Gasteiger charge is -2.26. The zero-order valence-electron chi connectivity index (χ0n) is 13.1. The summed E-state index contributed by atoms with van der Waals surface area (Å²) < 4.78 is 5.23. The maximum Gasteiger partial charge on any atom is 0.171 e. The molecule has 0 fully saturated rings. The van der Waals surface area contributed by atoms with Crippen molar-refractivity contribution in [2.24, 2.45) is 5.41 Å². The molecule has 1 aromatic rings. The standard InChI is InChI=1S/C17H20Cl2O3/c1-4-6-17(7-5-10(2)20)9-11-8-12(22-3)14(18)15(19)13(11)16(17)21/h8H,4-7,9H2,1-3H3/t17-/m0/s1. The molecule has 0 N–H and O–H groups in total. The van der Waals surface area contributed by atoms with Gasteiger partial charge in [0, 0.05) is 17.4 Å². The van der Waals surface area contributed by atoms with Crippen molar-refractivity contribution in [3.63, 3.8) is 0 Å². The van der Waals surface area contributed by atoms with Crippen molar-refractivity contribution in [2.75, 3.05) is 7.11 Å². The van der Waals surface area contributed by atoms with Gasteiger partial charge in [0.1, 0.15) is 16.6 Å². The highest BCUT2D eigenvalue weighted by Crippen LogP contribution is 2.49. The molecule has 0 radical (unpaired) electrons. The van der Waals surface area contributed by atoms with Crippen LogP contribution in [0.25, 0.3) is 0 Å². The summed E-state index contributed by atoms with van der Waals surface area (Å²) in [6.45, 7) is 3.60. The van der Waals surface area contributed by atoms with Crippen LogP contribution in [0.1, 0.15) is 55.5 Å². The molecular weight excluding hydrogens is 323 g/mol. The fourth-order valence-corrected chi connectivity index (χ4v) is 3.85. The quantitative estimate of drug-likeness (QED) is 0.738. The molecule has 5 heteroatoms. The van der Waals surface area contributed by atoms with Gasteiger partial charge in [-0.1, -0.05) is 36.5 Å². The monoisotopic (exact) mass is 342 g/mol. The van der Waals surface area contributed by atoms with Crippen LogP contribution in [-0.2, 0) is 11.2 Å². The van der Waals surface area contributed by atoms with Gasteiger partial charge in [0.2, 0.25) is 0 Å². The van der Waals surface area contributed by atoms with Gasteiger partial charge in [-0.2, -0.15) is 0 Å². The first kappa shape index (κ1) is 17.3. The van der Waals surface area contributed by atoms with Gasteiger partial charge in [0.25, 0.3) is 0 Å². The molecule has 1 aliphatic rings. The SMILES string of the molecule is CCC[C@]1(CCC(C)=O)Cc2cc(OC)c(Cl)c(Cl)c2C1=O. The molecule has 1 atom stereocenters. The van der Waals surface area contributed by atoms with E-state index in [9.17, 15) is 9.59 Å². The lowest BCUT2D eigenvalue weighted by Crippen LogP contribution is -2.28. The normalized spacial score (nSPS) is 20.1. The minimum absolute atomic E-state index is 0.0140. The van der Waals surface area contributed by atoms with E-state index in [1.807, 2.05) is 6.92 Å². The lowest BCUT2D eigenvalue weighted by atomic mass is 9.75. The van der Waals surface area contributed by atoms with Gasteiger partial charge in [-0.15, -0.1) is 0 Å². The zero-order valence-corrected chi connectivity index (χ0v) is 14.6. The van der Waals surface area contributed by atoms with E-state index >= 15 is 0 Å². The number of ketones is 2. The molecule has 0 amide bonds. The number of carbonyl (C=O) groups is 2. The van der Waals surface area contributed by atoms with Gasteiger partial charge < -0.3 is 9.53 Å². The Morgan fingerprint density at radius 3 is 2.55 bits per heavy atom. The second kappa shape index (κ2) is 6.59. The van der Waals surface area contributed by atoms with E-state index < -0.39 is 5.41 Å². The van der Waals surface area contributed by atoms with E-state index in [-0.39, 0.29) is 21.6 Å². The molecule has 2 rings (SSSR count). The van der Waals surface area contributed by atoms with E-state index in [0.29, 0.717) is 30.6 Å². The Bertz CT molecular complexity index is 625. The summed E-state index contributed by atoms with van der Waals surface area (Å²) in [6, 6.07) is 1.80. The van der Waals surface area contributed by atoms with E-state index in [2.05, 4.69) is 0 Å². The van der Waals surface area contributed by atoms with Crippen LogP contribution >= 0.6 is 23.2 Å². The average Bonchev–Trinajstić information content (AvgIpc) is 2.74. The predicted octanol–water partition coefficient (Wildman–Crippen LogP) is 4.90. The maximum absolute atomic E-state index is 13.0. The van der Waals surface area contributed by atoms with Crippen LogP contribution in [0, 0.1) is 5.41 Å². The third-order valence-electron chi connectivity index (χ3n) is 4.40. The highest BCUT2D eigenvalue weighted by molar-refractivity contribution is 6.45. The zero-order chi connectivity index (χ0) is 16.5. The Hall–Kier alpha value is -1.06. The third-order valence-corrected chi connectivity index (χ3v) is 5.25. The Labute approximate surface area is 140 Å². The lowest BCUT2D eigenvalue weighted by molar-refractivity contribution is -0.117. The van der Waals surface area contributed by atoms with Crippen molar-refractivity contribution in [3.8, 4) is 5.75 Å². The van der Waals surface area contributed by atoms with E-state index in [4.69, 9.17) is 27.9 Å². The first-order valence-electron chi connectivity index (χ1n) is 7.45. The van der Waals surface area contributed by atoms with Crippen molar-refractivity contribution >= 4 is 34.8 Å². The number of fused-ring (bicyclic) bond motifs is 1. The molecule has 0 aliphatic heterocycles. The van der Waals surface area contributed by atoms with Crippen LogP contribution in [0.5, 0.6) is 5.75 Å². The number of carbonyl (C=O) groups excluding carboxylic acids is 2. The third kappa shape index (κ3) is 2.89. The summed E-state index contributed by atoms with van der Waals surface area (Å²) in [6.07, 6.45) is 3.17. The summed E-state index contributed by atoms with van der Waals surface area (Å²) in [4.78, 5) is 24.4. The summed E-state index contributed by atoms with van der Waals surface area (Å²) in [7, 11) is 1.52. The number of Topliss-reactive ketones (excluding diaryl/α,β-unsaturated/α-hetero) is 2. The largest absolute Gasteiger partial charge is 0.495 e. The minimum atomic E-state index is -0.540. The average molecular weight is 343 g/mol. The highest BCUT2D eigenvalue weighted by Gasteiger charge is 2.46. The fraction of sp³-hybridized carbons (Fsp3) is 0.529. The molecule has 0 bridgehead atoms. The van der Waals surface area contributed by atoms with Crippen molar-refractivity contribution in [2.45, 2.75) is 46.0 Å². The molecule has 3 nitrogen and oxygen atoms in total. The molecule has 0 unspecified atom stereocenters. The van der Waals surface area contributed by atoms with Gasteiger partial charge in [-0.05, 0) is 37.8 Å². The van der Waals surface area contributed by atoms with Crippen molar-refractivity contribution < 1.29 is 14.3 Å². The van der Waals surface area contributed by atoms with Crippen molar-refractivity contribution in [3.05, 3.63) is 27.2 Å². The predicted molar refractivity (Wildman–Crippen MR) is 88.3 cm³/mol. The molecule has 0 heterocycles. The first-order chi connectivity index (χ1) is 10.4. The number of benzene rings is 1. The molecule has 120 valence electrons. The molecule has 0 spiro atoms. The summed E-state index contributed by atoms with van der Waals surface area (Å²) in [5, 5.41) is 0.539. The Kier molecular flexibility index (Phi) is 5.18. The number of hydrogen-bond acceptors (Lipinski definition) is 3. The van der Waals surface area contributed by atoms with Crippen LogP contribution in [0.15, 0.2) is 6.07 Å². The summed E-state index contributed by atoms with van der Waals surface area (Å²) in [5.74, 6) is 0.596. The van der Waals surface area contributed by atoms with Crippen molar-refractivity contribution in [1.82, 2.24) is 0 Å². The van der Waals surface area contributed by atoms with Gasteiger partial charge in [-0.25, -0.2) is 0 Å². The number of rotatable bonds is 6. The maximum atomic E-state index is 13.0. The van der Waals surface area contributed by atoms with Crippen LogP contribution in [-0.4, -0.2) is 18.7 Å². The minimum Gasteiger partial charge on any atom is -0.495 e. The molecular formula is C17H20Cl2O3. The molecule has 22 heavy (non-hydrogen) atoms. The molecule has 0 saturated carbocycles. The van der Waals surface area contributed by atoms with E-state index in [1.54, 1.807) is 13.0 Å². The van der Waals surface area contributed by atoms with Crippen molar-refractivity contribution in [1.29, 1.82) is 0 Å². The van der Waals surface area contributed by atoms with E-state index in [0.717, 1.165) is 18.4 Å². The van der Waals surface area contributed by atoms with Crippen LogP contribution in [0.4, 0.5) is 0 Å². The molecule has 1 aliphatic carbocycles. The van der Waals surface area contributed by atoms with Crippen LogP contribution in [0.3, 0.4) is 0 Å². The fourth-order valence-electron chi connectivity index (χ4n) is 3.32. The van der Waals surface area contributed by atoms with Crippen LogP contribution in [0.2, 0.25) is 10.0 Å². The smallest absolute Gasteiger partial charge is 0.171 e. The Balaban J connectivity index is 2.48. The van der Waals surface area contributed by atoms with Gasteiger partial charge in [-0.3, -0.25) is 4.79 Å². The van der Waals surface area contributed by atoms with Gasteiger partial charge >= 0.3 is 0 Å². The second-order valence-corrected chi connectivity index (χ2v) is 6.74. The van der Waals surface area contributed by atoms with Gasteiger partial charge in [0.15, 0.2) is 5.78 Å². The Morgan fingerprint density at radius 1 is 1.32 bits per heavy atom. The number of hydrogen-bond donors (Lipinski definition) is 0.